The van der Waals surface area contributed by atoms with Crippen molar-refractivity contribution in [1.82, 2.24) is 4.90 Å². The first-order valence-electron chi connectivity index (χ1n) is 8.77. The lowest BCUT2D eigenvalue weighted by atomic mass is 9.60. The van der Waals surface area contributed by atoms with Gasteiger partial charge in [0.05, 0.1) is 16.6 Å². The standard InChI is InChI=1S/C18H24N2O5/c1-3-25-15-11-14(18(15)9-4-5-10-18)19(2)17(22)12-7-6-8-13(16(12)21)20(23)24/h6-8,14-15,21H,3-5,9-11H2,1-2H3. The Bertz CT molecular complexity index is 684. The number of ether oxygens (including phenoxy) is 1. The number of phenolic OH excluding ortho intramolecular Hbond substituents is 1. The number of hydrogen-bond acceptors (Lipinski definition) is 5. The maximum absolute atomic E-state index is 12.9. The normalized spacial score (nSPS) is 24.1. The number of nitrogens with zero attached hydrogens (tertiary/aromatic N) is 2. The molecule has 3 rings (SSSR count). The van der Waals surface area contributed by atoms with Crippen LogP contribution in [0.1, 0.15) is 49.4 Å². The van der Waals surface area contributed by atoms with E-state index in [1.807, 2.05) is 6.92 Å². The Morgan fingerprint density at radius 2 is 2.12 bits per heavy atom. The third-order valence-corrected chi connectivity index (χ3v) is 5.87. The number of amides is 1. The van der Waals surface area contributed by atoms with Crippen molar-refractivity contribution in [1.29, 1.82) is 0 Å². The molecule has 1 aromatic carbocycles. The van der Waals surface area contributed by atoms with Gasteiger partial charge in [-0.1, -0.05) is 18.9 Å². The van der Waals surface area contributed by atoms with Gasteiger partial charge < -0.3 is 14.7 Å². The van der Waals surface area contributed by atoms with Crippen LogP contribution < -0.4 is 0 Å². The minimum atomic E-state index is -0.682. The highest BCUT2D eigenvalue weighted by molar-refractivity contribution is 5.98. The van der Waals surface area contributed by atoms with Gasteiger partial charge in [-0.25, -0.2) is 0 Å². The first-order chi connectivity index (χ1) is 11.9. The van der Waals surface area contributed by atoms with Gasteiger partial charge in [0, 0.05) is 31.2 Å². The number of carbonyl (C=O) groups is 1. The number of nitro benzene ring substituents is 1. The molecule has 1 aromatic rings. The first kappa shape index (κ1) is 17.7. The lowest BCUT2D eigenvalue weighted by molar-refractivity contribution is -0.385. The maximum atomic E-state index is 12.9. The van der Waals surface area contributed by atoms with Crippen LogP contribution in [-0.4, -0.2) is 46.6 Å². The van der Waals surface area contributed by atoms with Crippen LogP contribution in [-0.2, 0) is 4.74 Å². The molecule has 2 aliphatic rings. The van der Waals surface area contributed by atoms with E-state index in [-0.39, 0.29) is 29.0 Å². The van der Waals surface area contributed by atoms with E-state index in [0.717, 1.165) is 32.1 Å². The fraction of sp³-hybridized carbons (Fsp3) is 0.611. The van der Waals surface area contributed by atoms with Gasteiger partial charge >= 0.3 is 5.69 Å². The van der Waals surface area contributed by atoms with E-state index in [2.05, 4.69) is 0 Å². The van der Waals surface area contributed by atoms with Crippen LogP contribution in [0.25, 0.3) is 0 Å². The second-order valence-electron chi connectivity index (χ2n) is 6.98. The van der Waals surface area contributed by atoms with Gasteiger partial charge in [0.25, 0.3) is 5.91 Å². The molecule has 0 aromatic heterocycles. The molecule has 2 fully saturated rings. The fourth-order valence-electron chi connectivity index (χ4n) is 4.58. The number of aromatic hydroxyl groups is 1. The monoisotopic (exact) mass is 348 g/mol. The number of phenols is 1. The van der Waals surface area contributed by atoms with E-state index < -0.39 is 16.4 Å². The second-order valence-corrected chi connectivity index (χ2v) is 6.98. The van der Waals surface area contributed by atoms with Crippen molar-refractivity contribution in [3.63, 3.8) is 0 Å². The zero-order valence-corrected chi connectivity index (χ0v) is 14.6. The molecular weight excluding hydrogens is 324 g/mol. The molecule has 1 N–H and O–H groups in total. The highest BCUT2D eigenvalue weighted by atomic mass is 16.6. The number of benzene rings is 1. The van der Waals surface area contributed by atoms with Gasteiger partial charge in [0.15, 0.2) is 0 Å². The van der Waals surface area contributed by atoms with Gasteiger partial charge in [-0.2, -0.15) is 0 Å². The molecular formula is C18H24N2O5. The van der Waals surface area contributed by atoms with Crippen molar-refractivity contribution in [2.24, 2.45) is 5.41 Å². The van der Waals surface area contributed by atoms with E-state index >= 15 is 0 Å². The van der Waals surface area contributed by atoms with Crippen molar-refractivity contribution < 1.29 is 19.6 Å². The summed E-state index contributed by atoms with van der Waals surface area (Å²) in [4.78, 5) is 24.8. The number of para-hydroxylation sites is 1. The molecule has 0 aliphatic heterocycles. The summed E-state index contributed by atoms with van der Waals surface area (Å²) in [5.74, 6) is -0.946. The van der Waals surface area contributed by atoms with Crippen LogP contribution in [0.15, 0.2) is 18.2 Å². The van der Waals surface area contributed by atoms with Gasteiger partial charge in [-0.05, 0) is 32.3 Å². The minimum absolute atomic E-state index is 0.0171. The minimum Gasteiger partial charge on any atom is -0.502 e. The molecule has 25 heavy (non-hydrogen) atoms. The van der Waals surface area contributed by atoms with Crippen LogP contribution in [0, 0.1) is 15.5 Å². The summed E-state index contributed by atoms with van der Waals surface area (Å²) in [5, 5.41) is 21.1. The summed E-state index contributed by atoms with van der Waals surface area (Å²) in [6.07, 6.45) is 5.25. The summed E-state index contributed by atoms with van der Waals surface area (Å²) in [6.45, 7) is 2.63. The van der Waals surface area contributed by atoms with E-state index in [0.29, 0.717) is 6.61 Å². The molecule has 0 radical (unpaired) electrons. The molecule has 0 saturated heterocycles. The van der Waals surface area contributed by atoms with Crippen LogP contribution in [0.4, 0.5) is 5.69 Å². The molecule has 0 bridgehead atoms. The summed E-state index contributed by atoms with van der Waals surface area (Å²) in [7, 11) is 1.72. The van der Waals surface area contributed by atoms with Crippen LogP contribution >= 0.6 is 0 Å². The predicted octanol–water partition coefficient (Wildman–Crippen LogP) is 3.11. The number of rotatable bonds is 5. The third kappa shape index (κ3) is 2.76. The molecule has 2 aliphatic carbocycles. The van der Waals surface area contributed by atoms with Gasteiger partial charge in [0.2, 0.25) is 5.75 Å². The summed E-state index contributed by atoms with van der Waals surface area (Å²) in [6, 6.07) is 4.09. The van der Waals surface area contributed by atoms with Crippen molar-refractivity contribution >= 4 is 11.6 Å². The lowest BCUT2D eigenvalue weighted by Crippen LogP contribution is -2.64. The maximum Gasteiger partial charge on any atom is 0.311 e. The highest BCUT2D eigenvalue weighted by Gasteiger charge is 2.59. The van der Waals surface area contributed by atoms with Crippen LogP contribution in [0.2, 0.25) is 0 Å². The fourth-order valence-corrected chi connectivity index (χ4v) is 4.58. The van der Waals surface area contributed by atoms with Crippen molar-refractivity contribution in [2.75, 3.05) is 13.7 Å². The Hall–Kier alpha value is -2.15. The zero-order chi connectivity index (χ0) is 18.2. The Kier molecular flexibility index (Phi) is 4.69. The Morgan fingerprint density at radius 3 is 2.72 bits per heavy atom. The average molecular weight is 348 g/mol. The van der Waals surface area contributed by atoms with Crippen LogP contribution in [0.5, 0.6) is 5.75 Å². The van der Waals surface area contributed by atoms with Crippen LogP contribution in [0.3, 0.4) is 0 Å². The summed E-state index contributed by atoms with van der Waals surface area (Å²) in [5.41, 5.74) is -0.489. The highest BCUT2D eigenvalue weighted by Crippen LogP contribution is 2.56. The molecule has 2 unspecified atom stereocenters. The van der Waals surface area contributed by atoms with E-state index in [1.165, 1.54) is 18.2 Å². The molecule has 1 amide bonds. The Labute approximate surface area is 146 Å². The SMILES string of the molecule is CCOC1CC(N(C)C(=O)c2cccc([N+](=O)[O-])c2O)C12CCCC2. The third-order valence-electron chi connectivity index (χ3n) is 5.87. The number of nitro groups is 1. The lowest BCUT2D eigenvalue weighted by Gasteiger charge is -2.57. The quantitative estimate of drug-likeness (QED) is 0.652. The number of hydrogen-bond donors (Lipinski definition) is 1. The molecule has 2 saturated carbocycles. The second kappa shape index (κ2) is 6.63. The van der Waals surface area contributed by atoms with Gasteiger partial charge in [0.1, 0.15) is 0 Å². The largest absolute Gasteiger partial charge is 0.502 e. The summed E-state index contributed by atoms with van der Waals surface area (Å²) >= 11 is 0. The smallest absolute Gasteiger partial charge is 0.311 e. The van der Waals surface area contributed by atoms with E-state index in [4.69, 9.17) is 4.74 Å². The Balaban J connectivity index is 1.84. The molecule has 7 nitrogen and oxygen atoms in total. The summed E-state index contributed by atoms with van der Waals surface area (Å²) < 4.78 is 5.88. The first-order valence-corrected chi connectivity index (χ1v) is 8.77. The van der Waals surface area contributed by atoms with E-state index in [9.17, 15) is 20.0 Å². The van der Waals surface area contributed by atoms with Gasteiger partial charge in [-0.15, -0.1) is 0 Å². The molecule has 0 heterocycles. The topological polar surface area (TPSA) is 92.9 Å². The zero-order valence-electron chi connectivity index (χ0n) is 14.6. The van der Waals surface area contributed by atoms with Gasteiger partial charge in [-0.3, -0.25) is 14.9 Å². The molecule has 2 atom stereocenters. The number of carbonyl (C=O) groups excluding carboxylic acids is 1. The molecule has 7 heteroatoms. The van der Waals surface area contributed by atoms with Crippen molar-refractivity contribution in [2.45, 2.75) is 51.2 Å². The average Bonchev–Trinajstić information content (AvgIpc) is 3.10. The Morgan fingerprint density at radius 1 is 1.44 bits per heavy atom. The predicted molar refractivity (Wildman–Crippen MR) is 91.6 cm³/mol. The van der Waals surface area contributed by atoms with Crippen molar-refractivity contribution in [3.05, 3.63) is 33.9 Å². The molecule has 1 spiro atoms. The van der Waals surface area contributed by atoms with E-state index in [1.54, 1.807) is 11.9 Å². The van der Waals surface area contributed by atoms with Crippen molar-refractivity contribution in [3.8, 4) is 5.75 Å². The molecule has 136 valence electrons.